The second-order valence-electron chi connectivity index (χ2n) is 5.59. The number of hydrogen-bond donors (Lipinski definition) is 1. The third-order valence-electron chi connectivity index (χ3n) is 3.84. The minimum atomic E-state index is -0.229. The van der Waals surface area contributed by atoms with Crippen LogP contribution in [0, 0.1) is 0 Å². The highest BCUT2D eigenvalue weighted by atomic mass is 79.9. The number of benzene rings is 3. The van der Waals surface area contributed by atoms with Crippen molar-refractivity contribution in [3.63, 3.8) is 0 Å². The van der Waals surface area contributed by atoms with E-state index in [-0.39, 0.29) is 5.91 Å². The number of rotatable bonds is 4. The Morgan fingerprint density at radius 2 is 1.36 bits per heavy atom. The number of nitrogens with zero attached hydrogens (tertiary/aromatic N) is 1. The molecule has 0 heterocycles. The van der Waals surface area contributed by atoms with Crippen molar-refractivity contribution < 1.29 is 4.79 Å². The molecule has 0 saturated carbocycles. The van der Waals surface area contributed by atoms with E-state index in [1.807, 2.05) is 49.4 Å². The van der Waals surface area contributed by atoms with E-state index in [1.165, 1.54) is 5.56 Å². The smallest absolute Gasteiger partial charge is 0.267 e. The molecule has 3 nitrogen and oxygen atoms in total. The number of nitrogens with one attached hydrogen (secondary N) is 1. The van der Waals surface area contributed by atoms with E-state index in [0.29, 0.717) is 5.56 Å². The van der Waals surface area contributed by atoms with E-state index >= 15 is 0 Å². The standard InChI is InChI=1S/C21H17BrN2O/c1-15(23-24-21(25)19-11-13-20(22)14-12-19)16-7-9-18(10-8-16)17-5-3-2-4-6-17/h2-14H,1H3,(H,24,25). The number of carbonyl (C=O) groups is 1. The largest absolute Gasteiger partial charge is 0.271 e. The summed E-state index contributed by atoms with van der Waals surface area (Å²) in [5.41, 5.74) is 7.21. The molecule has 3 aromatic carbocycles. The van der Waals surface area contributed by atoms with Crippen LogP contribution in [0.2, 0.25) is 0 Å². The van der Waals surface area contributed by atoms with Gasteiger partial charge in [-0.25, -0.2) is 5.43 Å². The maximum atomic E-state index is 12.1. The molecule has 0 saturated heterocycles. The van der Waals surface area contributed by atoms with Crippen LogP contribution in [0.5, 0.6) is 0 Å². The number of hydrogen-bond acceptors (Lipinski definition) is 2. The lowest BCUT2D eigenvalue weighted by Gasteiger charge is -2.05. The zero-order valence-corrected chi connectivity index (χ0v) is 15.3. The topological polar surface area (TPSA) is 41.5 Å². The zero-order chi connectivity index (χ0) is 17.6. The minimum Gasteiger partial charge on any atom is -0.267 e. The minimum absolute atomic E-state index is 0.229. The summed E-state index contributed by atoms with van der Waals surface area (Å²) in [6.07, 6.45) is 0. The van der Waals surface area contributed by atoms with Crippen LogP contribution >= 0.6 is 15.9 Å². The Labute approximate surface area is 155 Å². The Kier molecular flexibility index (Phi) is 5.41. The molecule has 0 atom stereocenters. The molecule has 1 amide bonds. The Morgan fingerprint density at radius 3 is 2.00 bits per heavy atom. The third-order valence-corrected chi connectivity index (χ3v) is 4.37. The highest BCUT2D eigenvalue weighted by Crippen LogP contribution is 2.19. The summed E-state index contributed by atoms with van der Waals surface area (Å²) >= 11 is 3.35. The van der Waals surface area contributed by atoms with Crippen molar-refractivity contribution in [3.8, 4) is 11.1 Å². The van der Waals surface area contributed by atoms with Crippen LogP contribution in [0.1, 0.15) is 22.8 Å². The van der Waals surface area contributed by atoms with Gasteiger partial charge in [0.05, 0.1) is 5.71 Å². The summed E-state index contributed by atoms with van der Waals surface area (Å²) in [6.45, 7) is 1.87. The fourth-order valence-corrected chi connectivity index (χ4v) is 2.66. The highest BCUT2D eigenvalue weighted by molar-refractivity contribution is 9.10. The Bertz CT molecular complexity index is 885. The summed E-state index contributed by atoms with van der Waals surface area (Å²) in [5, 5.41) is 4.20. The lowest BCUT2D eigenvalue weighted by atomic mass is 10.0. The highest BCUT2D eigenvalue weighted by Gasteiger charge is 2.05. The monoisotopic (exact) mass is 392 g/mol. The summed E-state index contributed by atoms with van der Waals surface area (Å²) in [6, 6.07) is 25.5. The van der Waals surface area contributed by atoms with Gasteiger partial charge in [0, 0.05) is 10.0 Å². The molecule has 0 radical (unpaired) electrons. The Morgan fingerprint density at radius 1 is 0.800 bits per heavy atom. The molecule has 1 N–H and O–H groups in total. The van der Waals surface area contributed by atoms with Gasteiger partial charge in [0.2, 0.25) is 0 Å². The van der Waals surface area contributed by atoms with Gasteiger partial charge in [0.25, 0.3) is 5.91 Å². The molecule has 3 aromatic rings. The molecule has 0 aliphatic carbocycles. The molecule has 4 heteroatoms. The number of halogens is 1. The zero-order valence-electron chi connectivity index (χ0n) is 13.7. The number of amides is 1. The lowest BCUT2D eigenvalue weighted by Crippen LogP contribution is -2.19. The average molecular weight is 393 g/mol. The molecule has 0 bridgehead atoms. The molecule has 124 valence electrons. The molecule has 0 aliphatic heterocycles. The van der Waals surface area contributed by atoms with Crippen molar-refractivity contribution in [2.24, 2.45) is 5.10 Å². The van der Waals surface area contributed by atoms with E-state index in [1.54, 1.807) is 12.1 Å². The first-order valence-electron chi connectivity index (χ1n) is 7.89. The van der Waals surface area contributed by atoms with Gasteiger partial charge >= 0.3 is 0 Å². The number of carbonyl (C=O) groups excluding carboxylic acids is 1. The molecule has 0 aliphatic rings. The van der Waals surface area contributed by atoms with Gasteiger partial charge < -0.3 is 0 Å². The molecule has 3 rings (SSSR count). The SMILES string of the molecule is CC(=NNC(=O)c1ccc(Br)cc1)c1ccc(-c2ccccc2)cc1. The van der Waals surface area contributed by atoms with E-state index in [2.05, 4.69) is 50.7 Å². The van der Waals surface area contributed by atoms with Crippen molar-refractivity contribution in [2.75, 3.05) is 0 Å². The van der Waals surface area contributed by atoms with Crippen LogP contribution in [-0.4, -0.2) is 11.6 Å². The second kappa shape index (κ2) is 7.90. The molecule has 0 unspecified atom stereocenters. The van der Waals surface area contributed by atoms with Gasteiger partial charge in [-0.15, -0.1) is 0 Å². The fraction of sp³-hybridized carbons (Fsp3) is 0.0476. The summed E-state index contributed by atoms with van der Waals surface area (Å²) in [7, 11) is 0. The van der Waals surface area contributed by atoms with Crippen LogP contribution in [0.25, 0.3) is 11.1 Å². The van der Waals surface area contributed by atoms with Gasteiger partial charge in [0.1, 0.15) is 0 Å². The maximum absolute atomic E-state index is 12.1. The van der Waals surface area contributed by atoms with Gasteiger partial charge in [-0.05, 0) is 47.9 Å². The molecule has 0 spiro atoms. The van der Waals surface area contributed by atoms with E-state index < -0.39 is 0 Å². The normalized spacial score (nSPS) is 11.2. The summed E-state index contributed by atoms with van der Waals surface area (Å²) in [5.74, 6) is -0.229. The van der Waals surface area contributed by atoms with Crippen LogP contribution < -0.4 is 5.43 Å². The first-order valence-corrected chi connectivity index (χ1v) is 8.69. The lowest BCUT2D eigenvalue weighted by molar-refractivity contribution is 0.0955. The number of hydrazone groups is 1. The molecular weight excluding hydrogens is 376 g/mol. The van der Waals surface area contributed by atoms with Gasteiger partial charge in [-0.3, -0.25) is 4.79 Å². The van der Waals surface area contributed by atoms with Crippen LogP contribution in [0.15, 0.2) is 88.4 Å². The predicted octanol–water partition coefficient (Wildman–Crippen LogP) is 5.27. The molecular formula is C21H17BrN2O. The van der Waals surface area contributed by atoms with E-state index in [9.17, 15) is 4.79 Å². The van der Waals surface area contributed by atoms with Crippen molar-refractivity contribution in [1.82, 2.24) is 5.43 Å². The summed E-state index contributed by atoms with van der Waals surface area (Å²) in [4.78, 5) is 12.1. The van der Waals surface area contributed by atoms with Crippen molar-refractivity contribution in [1.29, 1.82) is 0 Å². The van der Waals surface area contributed by atoms with E-state index in [0.717, 1.165) is 21.3 Å². The van der Waals surface area contributed by atoms with Crippen molar-refractivity contribution in [3.05, 3.63) is 94.5 Å². The predicted molar refractivity (Wildman–Crippen MR) is 106 cm³/mol. The van der Waals surface area contributed by atoms with Crippen molar-refractivity contribution in [2.45, 2.75) is 6.92 Å². The quantitative estimate of drug-likeness (QED) is 0.476. The van der Waals surface area contributed by atoms with E-state index in [4.69, 9.17) is 0 Å². The average Bonchev–Trinajstić information content (AvgIpc) is 2.67. The molecule has 0 aromatic heterocycles. The van der Waals surface area contributed by atoms with Crippen molar-refractivity contribution >= 4 is 27.5 Å². The third kappa shape index (κ3) is 4.43. The first kappa shape index (κ1) is 17.1. The van der Waals surface area contributed by atoms with Crippen LogP contribution in [-0.2, 0) is 0 Å². The van der Waals surface area contributed by atoms with Gasteiger partial charge in [0.15, 0.2) is 0 Å². The fourth-order valence-electron chi connectivity index (χ4n) is 2.40. The molecule has 25 heavy (non-hydrogen) atoms. The summed E-state index contributed by atoms with van der Waals surface area (Å²) < 4.78 is 0.933. The van der Waals surface area contributed by atoms with Crippen LogP contribution in [0.3, 0.4) is 0 Å². The first-order chi connectivity index (χ1) is 12.1. The van der Waals surface area contributed by atoms with Gasteiger partial charge in [-0.2, -0.15) is 5.10 Å². The van der Waals surface area contributed by atoms with Gasteiger partial charge in [-0.1, -0.05) is 70.5 Å². The second-order valence-corrected chi connectivity index (χ2v) is 6.50. The Hall–Kier alpha value is -2.72. The van der Waals surface area contributed by atoms with Crippen LogP contribution in [0.4, 0.5) is 0 Å². The molecule has 0 fully saturated rings. The Balaban J connectivity index is 1.70. The maximum Gasteiger partial charge on any atom is 0.271 e.